The molecule has 3 aromatic rings. The second kappa shape index (κ2) is 5.95. The van der Waals surface area contributed by atoms with Crippen LogP contribution in [0.3, 0.4) is 0 Å². The molecule has 0 aliphatic carbocycles. The minimum absolute atomic E-state index is 0.238. The number of rotatable bonds is 3. The summed E-state index contributed by atoms with van der Waals surface area (Å²) >= 11 is 0. The van der Waals surface area contributed by atoms with Crippen molar-refractivity contribution < 1.29 is 9.13 Å². The summed E-state index contributed by atoms with van der Waals surface area (Å²) in [5.41, 5.74) is 8.21. The number of nitrogens with zero attached hydrogens (tertiary/aromatic N) is 4. The number of benzene rings is 1. The molecule has 0 fully saturated rings. The molecule has 0 spiro atoms. The lowest BCUT2D eigenvalue weighted by Crippen LogP contribution is -2.25. The summed E-state index contributed by atoms with van der Waals surface area (Å²) in [5.74, 6) is 0.284. The van der Waals surface area contributed by atoms with E-state index >= 15 is 0 Å². The van der Waals surface area contributed by atoms with Crippen LogP contribution in [0.2, 0.25) is 0 Å². The zero-order valence-electron chi connectivity index (χ0n) is 13.2. The van der Waals surface area contributed by atoms with Crippen LogP contribution < -0.4 is 16.4 Å². The number of ether oxygens (including phenoxy) is 1. The number of methoxy groups -OCH3 is 1. The van der Waals surface area contributed by atoms with Crippen molar-refractivity contribution in [3.63, 3.8) is 0 Å². The average Bonchev–Trinajstić information content (AvgIpc) is 2.86. The first-order valence-corrected chi connectivity index (χ1v) is 7.44. The Hall–Kier alpha value is -3.33. The van der Waals surface area contributed by atoms with Crippen molar-refractivity contribution in [3.05, 3.63) is 58.4 Å². The molecule has 0 saturated heterocycles. The third-order valence-corrected chi connectivity index (χ3v) is 3.82. The summed E-state index contributed by atoms with van der Waals surface area (Å²) in [7, 11) is 1.57. The molecular formula is C16H13FN6O2. The maximum Gasteiger partial charge on any atom is 0.315 e. The molecule has 8 nitrogen and oxygen atoms in total. The Balaban J connectivity index is 1.98. The molecule has 0 radical (unpaired) electrons. The van der Waals surface area contributed by atoms with Crippen molar-refractivity contribution in [2.24, 2.45) is 0 Å². The molecular weight excluding hydrogens is 327 g/mol. The molecule has 2 N–H and O–H groups in total. The maximum absolute atomic E-state index is 13.3. The van der Waals surface area contributed by atoms with Gasteiger partial charge >= 0.3 is 5.56 Å². The molecule has 0 bridgehead atoms. The lowest BCUT2D eigenvalue weighted by atomic mass is 10.1. The second-order valence-corrected chi connectivity index (χ2v) is 5.37. The van der Waals surface area contributed by atoms with Crippen LogP contribution in [-0.4, -0.2) is 27.1 Å². The first-order valence-electron chi connectivity index (χ1n) is 7.44. The van der Waals surface area contributed by atoms with Crippen molar-refractivity contribution in [1.82, 2.24) is 20.0 Å². The zero-order valence-corrected chi connectivity index (χ0v) is 13.2. The molecule has 0 amide bonds. The first kappa shape index (κ1) is 15.2. The third kappa shape index (κ3) is 2.50. The topological polar surface area (TPSA) is 94.0 Å². The lowest BCUT2D eigenvalue weighted by Gasteiger charge is -2.19. The Morgan fingerprint density at radius 1 is 1.20 bits per heavy atom. The van der Waals surface area contributed by atoms with Crippen LogP contribution in [0.5, 0.6) is 0 Å². The Bertz CT molecular complexity index is 1000. The largest absolute Gasteiger partial charge is 0.378 e. The highest BCUT2D eigenvalue weighted by Crippen LogP contribution is 2.37. The van der Waals surface area contributed by atoms with Crippen molar-refractivity contribution in [3.8, 4) is 16.8 Å². The number of halogens is 1. The molecule has 0 unspecified atom stereocenters. The van der Waals surface area contributed by atoms with E-state index in [-0.39, 0.29) is 18.1 Å². The van der Waals surface area contributed by atoms with Gasteiger partial charge in [0.15, 0.2) is 5.82 Å². The fraction of sp³-hybridized carbons (Fsp3) is 0.125. The number of nitrogens with one attached hydrogen (secondary N) is 2. The summed E-state index contributed by atoms with van der Waals surface area (Å²) in [6, 6.07) is 7.72. The van der Waals surface area contributed by atoms with Gasteiger partial charge in [0.1, 0.15) is 11.5 Å². The number of fused-ring (bicyclic) bond motifs is 3. The van der Waals surface area contributed by atoms with E-state index < -0.39 is 5.56 Å². The van der Waals surface area contributed by atoms with Crippen molar-refractivity contribution in [2.75, 3.05) is 18.0 Å². The van der Waals surface area contributed by atoms with Gasteiger partial charge in [-0.15, -0.1) is 5.10 Å². The van der Waals surface area contributed by atoms with E-state index in [4.69, 9.17) is 4.74 Å². The summed E-state index contributed by atoms with van der Waals surface area (Å²) in [4.78, 5) is 12.0. The van der Waals surface area contributed by atoms with Gasteiger partial charge in [0.05, 0.1) is 29.7 Å². The third-order valence-electron chi connectivity index (χ3n) is 3.82. The molecule has 0 saturated carbocycles. The Kier molecular flexibility index (Phi) is 3.62. The predicted molar refractivity (Wildman–Crippen MR) is 88.8 cm³/mol. The van der Waals surface area contributed by atoms with Crippen LogP contribution in [-0.2, 0) is 11.3 Å². The van der Waals surface area contributed by atoms with Gasteiger partial charge in [-0.1, -0.05) is 12.1 Å². The van der Waals surface area contributed by atoms with E-state index in [1.807, 2.05) is 0 Å². The molecule has 3 heterocycles. The van der Waals surface area contributed by atoms with E-state index in [0.29, 0.717) is 17.2 Å². The molecule has 0 atom stereocenters. The van der Waals surface area contributed by atoms with Gasteiger partial charge < -0.3 is 4.74 Å². The van der Waals surface area contributed by atoms with E-state index in [0.717, 1.165) is 11.1 Å². The highest BCUT2D eigenvalue weighted by atomic mass is 19.1. The quantitative estimate of drug-likeness (QED) is 0.750. The fourth-order valence-electron chi connectivity index (χ4n) is 2.76. The molecule has 2 aromatic heterocycles. The Labute approximate surface area is 141 Å². The van der Waals surface area contributed by atoms with Gasteiger partial charge in [-0.05, 0) is 23.8 Å². The smallest absolute Gasteiger partial charge is 0.315 e. The van der Waals surface area contributed by atoms with Gasteiger partial charge in [-0.2, -0.15) is 10.2 Å². The van der Waals surface area contributed by atoms with E-state index in [2.05, 4.69) is 26.1 Å². The summed E-state index contributed by atoms with van der Waals surface area (Å²) in [6.45, 7) is 0.253. The Morgan fingerprint density at radius 3 is 2.76 bits per heavy atom. The molecule has 1 aliphatic rings. The van der Waals surface area contributed by atoms with Gasteiger partial charge in [-0.25, -0.2) is 9.07 Å². The molecule has 9 heteroatoms. The predicted octanol–water partition coefficient (Wildman–Crippen LogP) is 1.73. The van der Waals surface area contributed by atoms with Crippen LogP contribution >= 0.6 is 0 Å². The second-order valence-electron chi connectivity index (χ2n) is 5.37. The van der Waals surface area contributed by atoms with Gasteiger partial charge in [-0.3, -0.25) is 15.6 Å². The number of hydrazine groups is 1. The number of hydrogen-bond acceptors (Lipinski definition) is 7. The minimum atomic E-state index is -0.509. The summed E-state index contributed by atoms with van der Waals surface area (Å²) < 4.78 is 20.1. The standard InChI is InChI=1S/C16H13FN6O2/c1-25-8-11-13(9-2-4-10(17)5-3-9)15-20-19-14-12(23(15)22-11)6-7-18-21-16(14)24/h2-7,19-20H,8H2,1H3. The lowest BCUT2D eigenvalue weighted by molar-refractivity contribution is 0.181. The van der Waals surface area contributed by atoms with E-state index in [1.54, 1.807) is 30.0 Å². The van der Waals surface area contributed by atoms with Crippen LogP contribution in [0.15, 0.2) is 41.3 Å². The molecule has 25 heavy (non-hydrogen) atoms. The van der Waals surface area contributed by atoms with Crippen molar-refractivity contribution in [1.29, 1.82) is 0 Å². The molecule has 126 valence electrons. The zero-order chi connectivity index (χ0) is 17.4. The maximum atomic E-state index is 13.3. The van der Waals surface area contributed by atoms with Crippen molar-refractivity contribution in [2.45, 2.75) is 6.61 Å². The summed E-state index contributed by atoms with van der Waals surface area (Å²) in [6.07, 6.45) is 1.42. The molecule has 4 rings (SSSR count). The van der Waals surface area contributed by atoms with Crippen LogP contribution in [0.1, 0.15) is 5.69 Å². The van der Waals surface area contributed by atoms with Crippen LogP contribution in [0, 0.1) is 5.82 Å². The number of hydrogen-bond donors (Lipinski definition) is 2. The SMILES string of the molecule is COCc1nn2c(c1-c1ccc(F)cc1)NNc1c-2ccnnc1=O. The van der Waals surface area contributed by atoms with Gasteiger partial charge in [0, 0.05) is 7.11 Å². The fourth-order valence-corrected chi connectivity index (χ4v) is 2.76. The number of anilines is 2. The van der Waals surface area contributed by atoms with E-state index in [9.17, 15) is 9.18 Å². The monoisotopic (exact) mass is 340 g/mol. The first-order chi connectivity index (χ1) is 12.2. The van der Waals surface area contributed by atoms with Gasteiger partial charge in [0.2, 0.25) is 0 Å². The minimum Gasteiger partial charge on any atom is -0.378 e. The molecule has 1 aromatic carbocycles. The van der Waals surface area contributed by atoms with Crippen molar-refractivity contribution >= 4 is 11.5 Å². The van der Waals surface area contributed by atoms with Crippen LogP contribution in [0.25, 0.3) is 16.8 Å². The van der Waals surface area contributed by atoms with Gasteiger partial charge in [0.25, 0.3) is 0 Å². The van der Waals surface area contributed by atoms with Crippen LogP contribution in [0.4, 0.5) is 15.9 Å². The normalized spacial score (nSPS) is 11.9. The Morgan fingerprint density at radius 2 is 2.00 bits per heavy atom. The molecule has 1 aliphatic heterocycles. The highest BCUT2D eigenvalue weighted by Gasteiger charge is 2.26. The average molecular weight is 340 g/mol. The van der Waals surface area contributed by atoms with E-state index in [1.165, 1.54) is 18.3 Å². The summed E-state index contributed by atoms with van der Waals surface area (Å²) in [5, 5.41) is 11.8. The number of aromatic nitrogens is 4. The highest BCUT2D eigenvalue weighted by molar-refractivity contribution is 5.83.